The van der Waals surface area contributed by atoms with Gasteiger partial charge < -0.3 is 14.8 Å². The van der Waals surface area contributed by atoms with Gasteiger partial charge in [-0.1, -0.05) is 29.8 Å². The number of fused-ring (bicyclic) bond motifs is 3. The Morgan fingerprint density at radius 2 is 1.86 bits per heavy atom. The molecule has 1 aromatic carbocycles. The van der Waals surface area contributed by atoms with Crippen molar-refractivity contribution in [2.75, 3.05) is 19.5 Å². The molecule has 0 bridgehead atoms. The number of methoxy groups -OCH3 is 2. The number of ketones is 1. The summed E-state index contributed by atoms with van der Waals surface area (Å²) in [5, 5.41) is 9.18. The van der Waals surface area contributed by atoms with E-state index in [4.69, 9.17) is 32.7 Å². The Kier molecular flexibility index (Phi) is 6.49. The average Bonchev–Trinajstić information content (AvgIpc) is 3.51. The maximum Gasteiger partial charge on any atom is 0.159 e. The number of aromatic nitrogens is 5. The van der Waals surface area contributed by atoms with Crippen LogP contribution in [0.2, 0.25) is 10.0 Å². The zero-order chi connectivity index (χ0) is 26.3. The topological polar surface area (TPSA) is 95.6 Å². The fourth-order valence-corrected chi connectivity index (χ4v) is 4.92. The van der Waals surface area contributed by atoms with Gasteiger partial charge >= 0.3 is 0 Å². The monoisotopic (exact) mass is 536 g/mol. The van der Waals surface area contributed by atoms with Crippen LogP contribution in [0.4, 0.5) is 11.6 Å². The first-order chi connectivity index (χ1) is 17.8. The molecule has 188 valence electrons. The second kappa shape index (κ2) is 9.76. The molecule has 5 aromatic rings. The second-order valence-corrected chi connectivity index (χ2v) is 9.00. The van der Waals surface area contributed by atoms with E-state index in [1.165, 1.54) is 20.3 Å². The van der Waals surface area contributed by atoms with Crippen LogP contribution in [0.15, 0.2) is 55.6 Å². The lowest BCUT2D eigenvalue weighted by Gasteiger charge is -2.16. The Labute approximate surface area is 222 Å². The van der Waals surface area contributed by atoms with E-state index < -0.39 is 0 Å². The van der Waals surface area contributed by atoms with Gasteiger partial charge in [-0.15, -0.1) is 0 Å². The minimum absolute atomic E-state index is 0.0957. The molecule has 0 saturated carbocycles. The molecule has 0 unspecified atom stereocenters. The highest BCUT2D eigenvalue weighted by Crippen LogP contribution is 2.47. The van der Waals surface area contributed by atoms with Gasteiger partial charge in [0.2, 0.25) is 0 Å². The number of aryl methyl sites for hydroxylation is 1. The van der Waals surface area contributed by atoms with Crippen molar-refractivity contribution in [1.82, 2.24) is 24.1 Å². The SMILES string of the molecule is C=CC(=O)Cc1cn(C)nc1Nc1cc2c(cn1)cc(-c1c(Cl)c(OC)cc(OC)c1Cl)c1nccn12. The van der Waals surface area contributed by atoms with E-state index in [1.54, 1.807) is 36.4 Å². The number of nitrogens with zero attached hydrogens (tertiary/aromatic N) is 5. The number of rotatable bonds is 8. The number of pyridine rings is 2. The number of carbonyl (C=O) groups is 1. The van der Waals surface area contributed by atoms with Crippen molar-refractivity contribution in [3.63, 3.8) is 0 Å². The molecular weight excluding hydrogens is 515 g/mol. The van der Waals surface area contributed by atoms with E-state index in [-0.39, 0.29) is 12.2 Å². The van der Waals surface area contributed by atoms with E-state index in [0.29, 0.717) is 50.0 Å². The third-order valence-electron chi connectivity index (χ3n) is 5.94. The van der Waals surface area contributed by atoms with Crippen LogP contribution in [0.3, 0.4) is 0 Å². The molecule has 0 radical (unpaired) electrons. The predicted octanol–water partition coefficient (Wildman–Crippen LogP) is 5.65. The number of imidazole rings is 1. The van der Waals surface area contributed by atoms with Crippen LogP contribution < -0.4 is 14.8 Å². The second-order valence-electron chi connectivity index (χ2n) is 8.24. The summed E-state index contributed by atoms with van der Waals surface area (Å²) >= 11 is 13.4. The van der Waals surface area contributed by atoms with Crippen molar-refractivity contribution in [2.24, 2.45) is 7.05 Å². The highest BCUT2D eigenvalue weighted by atomic mass is 35.5. The maximum atomic E-state index is 11.9. The lowest BCUT2D eigenvalue weighted by Crippen LogP contribution is -2.02. The molecule has 4 heterocycles. The first-order valence-electron chi connectivity index (χ1n) is 11.2. The summed E-state index contributed by atoms with van der Waals surface area (Å²) in [6, 6.07) is 5.46. The van der Waals surface area contributed by atoms with E-state index >= 15 is 0 Å². The van der Waals surface area contributed by atoms with Crippen LogP contribution in [-0.2, 0) is 18.3 Å². The van der Waals surface area contributed by atoms with Crippen LogP contribution in [0, 0.1) is 0 Å². The lowest BCUT2D eigenvalue weighted by molar-refractivity contribution is -0.114. The number of anilines is 2. The largest absolute Gasteiger partial charge is 0.495 e. The maximum absolute atomic E-state index is 11.9. The van der Waals surface area contributed by atoms with Crippen molar-refractivity contribution < 1.29 is 14.3 Å². The van der Waals surface area contributed by atoms with Gasteiger partial charge in [0, 0.05) is 72.5 Å². The number of hydrogen-bond acceptors (Lipinski definition) is 7. The third-order valence-corrected chi connectivity index (χ3v) is 6.69. The Balaban J connectivity index is 1.64. The van der Waals surface area contributed by atoms with Gasteiger partial charge in [-0.05, 0) is 12.1 Å². The van der Waals surface area contributed by atoms with E-state index in [2.05, 4.69) is 27.0 Å². The van der Waals surface area contributed by atoms with Gasteiger partial charge in [-0.25, -0.2) is 9.97 Å². The van der Waals surface area contributed by atoms with Crippen LogP contribution in [-0.4, -0.2) is 44.2 Å². The normalized spacial score (nSPS) is 11.2. The van der Waals surface area contributed by atoms with Gasteiger partial charge in [0.25, 0.3) is 0 Å². The summed E-state index contributed by atoms with van der Waals surface area (Å²) in [5.41, 5.74) is 3.47. The molecule has 1 N–H and O–H groups in total. The molecule has 0 atom stereocenters. The lowest BCUT2D eigenvalue weighted by atomic mass is 10.0. The summed E-state index contributed by atoms with van der Waals surface area (Å²) < 4.78 is 14.5. The number of nitrogens with one attached hydrogen (secondary N) is 1. The zero-order valence-corrected chi connectivity index (χ0v) is 21.8. The Hall–Kier alpha value is -4.08. The summed E-state index contributed by atoms with van der Waals surface area (Å²) in [6.07, 6.45) is 8.56. The summed E-state index contributed by atoms with van der Waals surface area (Å²) in [4.78, 5) is 21.1. The van der Waals surface area contributed by atoms with Crippen molar-refractivity contribution in [1.29, 1.82) is 0 Å². The van der Waals surface area contributed by atoms with Gasteiger partial charge in [0.1, 0.15) is 23.0 Å². The highest BCUT2D eigenvalue weighted by Gasteiger charge is 2.22. The first-order valence-corrected chi connectivity index (χ1v) is 11.9. The minimum Gasteiger partial charge on any atom is -0.495 e. The summed E-state index contributed by atoms with van der Waals surface area (Å²) in [7, 11) is 4.85. The fraction of sp³-hybridized carbons (Fsp3) is 0.154. The minimum atomic E-state index is -0.0957. The average molecular weight is 537 g/mol. The molecular formula is C26H22Cl2N6O3. The van der Waals surface area contributed by atoms with Crippen LogP contribution in [0.1, 0.15) is 5.56 Å². The highest BCUT2D eigenvalue weighted by molar-refractivity contribution is 6.41. The molecule has 0 aliphatic heterocycles. The van der Waals surface area contributed by atoms with Crippen LogP contribution >= 0.6 is 23.2 Å². The summed E-state index contributed by atoms with van der Waals surface area (Å²) in [6.45, 7) is 3.55. The number of halogens is 2. The number of ether oxygens (including phenoxy) is 2. The standard InChI is InChI=1S/C26H22Cl2N6O3/c1-5-16(35)8-15-13-33(2)32-25(15)31-21-10-18-14(12-30-21)9-17(26-29-6-7-34(18)26)22-23(27)19(36-3)11-20(37-4)24(22)28/h5-7,9-13H,1,8H2,2-4H3,(H,30,31,32). The van der Waals surface area contributed by atoms with E-state index in [1.807, 2.05) is 22.7 Å². The first kappa shape index (κ1) is 24.6. The number of benzene rings is 1. The number of hydrogen-bond donors (Lipinski definition) is 1. The molecule has 0 amide bonds. The van der Waals surface area contributed by atoms with Gasteiger partial charge in [0.15, 0.2) is 11.6 Å². The zero-order valence-electron chi connectivity index (χ0n) is 20.2. The molecule has 37 heavy (non-hydrogen) atoms. The Morgan fingerprint density at radius 1 is 1.14 bits per heavy atom. The van der Waals surface area contributed by atoms with Crippen molar-refractivity contribution in [2.45, 2.75) is 6.42 Å². The van der Waals surface area contributed by atoms with Gasteiger partial charge in [-0.3, -0.25) is 13.9 Å². The Morgan fingerprint density at radius 3 is 2.54 bits per heavy atom. The molecule has 0 aliphatic rings. The van der Waals surface area contributed by atoms with E-state index in [0.717, 1.165) is 16.5 Å². The van der Waals surface area contributed by atoms with Crippen molar-refractivity contribution in [3.8, 4) is 22.6 Å². The number of carbonyl (C=O) groups excluding carboxylic acids is 1. The van der Waals surface area contributed by atoms with Gasteiger partial charge in [0.05, 0.1) is 29.8 Å². The smallest absolute Gasteiger partial charge is 0.159 e. The molecule has 0 aliphatic carbocycles. The molecule has 11 heteroatoms. The molecule has 0 spiro atoms. The molecule has 5 rings (SSSR count). The van der Waals surface area contributed by atoms with Crippen LogP contribution in [0.5, 0.6) is 11.5 Å². The molecule has 0 saturated heterocycles. The fourth-order valence-electron chi connectivity index (χ4n) is 4.22. The number of allylic oxidation sites excluding steroid dienone is 1. The van der Waals surface area contributed by atoms with Crippen molar-refractivity contribution >= 4 is 57.2 Å². The predicted molar refractivity (Wildman–Crippen MR) is 144 cm³/mol. The van der Waals surface area contributed by atoms with Crippen molar-refractivity contribution in [3.05, 3.63) is 71.3 Å². The molecule has 0 fully saturated rings. The molecule has 9 nitrogen and oxygen atoms in total. The molecule has 4 aromatic heterocycles. The third kappa shape index (κ3) is 4.36. The van der Waals surface area contributed by atoms with Gasteiger partial charge in [-0.2, -0.15) is 5.10 Å². The summed E-state index contributed by atoms with van der Waals surface area (Å²) in [5.74, 6) is 1.87. The van der Waals surface area contributed by atoms with Crippen LogP contribution in [0.25, 0.3) is 27.7 Å². The quantitative estimate of drug-likeness (QED) is 0.256. The Bertz CT molecular complexity index is 1660. The van der Waals surface area contributed by atoms with E-state index in [9.17, 15) is 4.79 Å².